The van der Waals surface area contributed by atoms with E-state index in [0.29, 0.717) is 11.5 Å². The molecule has 5 rings (SSSR count). The van der Waals surface area contributed by atoms with Gasteiger partial charge in [0, 0.05) is 30.1 Å². The first-order valence-electron chi connectivity index (χ1n) is 10.2. The summed E-state index contributed by atoms with van der Waals surface area (Å²) in [7, 11) is 1.88. The van der Waals surface area contributed by atoms with Crippen LogP contribution in [-0.2, 0) is 0 Å². The molecule has 2 atom stereocenters. The predicted octanol–water partition coefficient (Wildman–Crippen LogP) is 5.20. The predicted molar refractivity (Wildman–Crippen MR) is 113 cm³/mol. The molecule has 1 saturated carbocycles. The first-order chi connectivity index (χ1) is 14.6. The van der Waals surface area contributed by atoms with E-state index in [2.05, 4.69) is 9.97 Å². The molecule has 0 aliphatic heterocycles. The SMILES string of the molecule is Cc1cnc(C2CCC(N(C)C(=O)c3ccc(-c4nc5ccccc5o4)cc3)C2)o1. The van der Waals surface area contributed by atoms with Crippen molar-refractivity contribution >= 4 is 17.0 Å². The van der Waals surface area contributed by atoms with Gasteiger partial charge in [0.1, 0.15) is 11.3 Å². The van der Waals surface area contributed by atoms with E-state index in [1.165, 1.54) is 0 Å². The molecule has 1 amide bonds. The highest BCUT2D eigenvalue weighted by atomic mass is 16.4. The number of aryl methyl sites for hydroxylation is 1. The summed E-state index contributed by atoms with van der Waals surface area (Å²) in [6, 6.07) is 15.3. The molecule has 1 aliphatic rings. The smallest absolute Gasteiger partial charge is 0.253 e. The van der Waals surface area contributed by atoms with Crippen molar-refractivity contribution in [2.75, 3.05) is 7.05 Å². The lowest BCUT2D eigenvalue weighted by molar-refractivity contribution is 0.0733. The molecule has 6 heteroatoms. The van der Waals surface area contributed by atoms with Gasteiger partial charge in [0.15, 0.2) is 11.5 Å². The van der Waals surface area contributed by atoms with Crippen molar-refractivity contribution in [3.8, 4) is 11.5 Å². The van der Waals surface area contributed by atoms with E-state index in [1.54, 1.807) is 6.20 Å². The molecule has 2 aromatic carbocycles. The molecule has 2 unspecified atom stereocenters. The van der Waals surface area contributed by atoms with Crippen LogP contribution in [0.4, 0.5) is 0 Å². The van der Waals surface area contributed by atoms with E-state index < -0.39 is 0 Å². The molecule has 0 spiro atoms. The molecule has 0 saturated heterocycles. The topological polar surface area (TPSA) is 72.4 Å². The lowest BCUT2D eigenvalue weighted by Crippen LogP contribution is -2.35. The monoisotopic (exact) mass is 401 g/mol. The van der Waals surface area contributed by atoms with Crippen molar-refractivity contribution in [1.82, 2.24) is 14.9 Å². The maximum absolute atomic E-state index is 13.0. The Morgan fingerprint density at radius 1 is 1.07 bits per heavy atom. The Morgan fingerprint density at radius 3 is 2.60 bits per heavy atom. The van der Waals surface area contributed by atoms with Gasteiger partial charge in [-0.1, -0.05) is 12.1 Å². The number of rotatable bonds is 4. The summed E-state index contributed by atoms with van der Waals surface area (Å²) in [6.45, 7) is 1.91. The number of carbonyl (C=O) groups is 1. The minimum absolute atomic E-state index is 0.0216. The molecule has 2 aromatic heterocycles. The second-order valence-electron chi connectivity index (χ2n) is 7.95. The maximum Gasteiger partial charge on any atom is 0.253 e. The van der Waals surface area contributed by atoms with Gasteiger partial charge in [0.05, 0.1) is 6.20 Å². The largest absolute Gasteiger partial charge is 0.446 e. The molecule has 1 aliphatic carbocycles. The molecular formula is C24H23N3O3. The van der Waals surface area contributed by atoms with Crippen LogP contribution in [0.1, 0.15) is 47.2 Å². The van der Waals surface area contributed by atoms with Gasteiger partial charge in [-0.3, -0.25) is 4.79 Å². The van der Waals surface area contributed by atoms with Crippen molar-refractivity contribution in [1.29, 1.82) is 0 Å². The summed E-state index contributed by atoms with van der Waals surface area (Å²) in [5, 5.41) is 0. The van der Waals surface area contributed by atoms with Crippen molar-refractivity contribution < 1.29 is 13.6 Å². The average Bonchev–Trinajstić information content (AvgIpc) is 3.51. The fourth-order valence-corrected chi connectivity index (χ4v) is 4.22. The number of hydrogen-bond donors (Lipinski definition) is 0. The van der Waals surface area contributed by atoms with Crippen LogP contribution in [0.3, 0.4) is 0 Å². The number of oxazole rings is 2. The summed E-state index contributed by atoms with van der Waals surface area (Å²) in [5.41, 5.74) is 3.09. The van der Waals surface area contributed by atoms with Crippen molar-refractivity contribution in [3.05, 3.63) is 71.9 Å². The molecule has 6 nitrogen and oxygen atoms in total. The molecule has 4 aromatic rings. The minimum Gasteiger partial charge on any atom is -0.446 e. The Bertz CT molecular complexity index is 1160. The number of nitrogens with zero attached hydrogens (tertiary/aromatic N) is 3. The molecule has 2 heterocycles. The third-order valence-corrected chi connectivity index (χ3v) is 5.93. The quantitative estimate of drug-likeness (QED) is 0.470. The van der Waals surface area contributed by atoms with Crippen LogP contribution >= 0.6 is 0 Å². The number of fused-ring (bicyclic) bond motifs is 1. The van der Waals surface area contributed by atoms with Crippen molar-refractivity contribution in [3.63, 3.8) is 0 Å². The summed E-state index contributed by atoms with van der Waals surface area (Å²) < 4.78 is 11.5. The zero-order valence-corrected chi connectivity index (χ0v) is 17.0. The summed E-state index contributed by atoms with van der Waals surface area (Å²) in [4.78, 5) is 23.7. The Kier molecular flexibility index (Phi) is 4.62. The summed E-state index contributed by atoms with van der Waals surface area (Å²) in [6.07, 6.45) is 4.58. The lowest BCUT2D eigenvalue weighted by atomic mass is 10.1. The molecule has 0 N–H and O–H groups in total. The van der Waals surface area contributed by atoms with Gasteiger partial charge < -0.3 is 13.7 Å². The molecule has 30 heavy (non-hydrogen) atoms. The van der Waals surface area contributed by atoms with Gasteiger partial charge in [-0.15, -0.1) is 0 Å². The van der Waals surface area contributed by atoms with Crippen LogP contribution in [0, 0.1) is 6.92 Å². The average molecular weight is 401 g/mol. The minimum atomic E-state index is 0.0216. The van der Waals surface area contributed by atoms with Gasteiger partial charge in [0.25, 0.3) is 5.91 Å². The summed E-state index contributed by atoms with van der Waals surface area (Å²) in [5.74, 6) is 2.48. The van der Waals surface area contributed by atoms with Crippen LogP contribution in [0.2, 0.25) is 0 Å². The van der Waals surface area contributed by atoms with Gasteiger partial charge in [-0.2, -0.15) is 0 Å². The summed E-state index contributed by atoms with van der Waals surface area (Å²) >= 11 is 0. The van der Waals surface area contributed by atoms with Crippen molar-refractivity contribution in [2.45, 2.75) is 38.1 Å². The normalized spacial score (nSPS) is 18.7. The number of carbonyl (C=O) groups excluding carboxylic acids is 1. The Balaban J connectivity index is 1.29. The number of amides is 1. The van der Waals surface area contributed by atoms with Crippen LogP contribution in [0.25, 0.3) is 22.6 Å². The Hall–Kier alpha value is -3.41. The fraction of sp³-hybridized carbons (Fsp3) is 0.292. The molecule has 1 fully saturated rings. The van der Waals surface area contributed by atoms with E-state index >= 15 is 0 Å². The molecule has 0 radical (unpaired) electrons. The second-order valence-corrected chi connectivity index (χ2v) is 7.95. The van der Waals surface area contributed by atoms with E-state index in [4.69, 9.17) is 8.83 Å². The van der Waals surface area contributed by atoms with E-state index in [0.717, 1.165) is 47.6 Å². The van der Waals surface area contributed by atoms with E-state index in [9.17, 15) is 4.79 Å². The highest BCUT2D eigenvalue weighted by Gasteiger charge is 2.33. The van der Waals surface area contributed by atoms with Gasteiger partial charge in [-0.25, -0.2) is 9.97 Å². The number of para-hydroxylation sites is 2. The van der Waals surface area contributed by atoms with Gasteiger partial charge >= 0.3 is 0 Å². The van der Waals surface area contributed by atoms with Crippen LogP contribution < -0.4 is 0 Å². The first-order valence-corrected chi connectivity index (χ1v) is 10.2. The van der Waals surface area contributed by atoms with Crippen LogP contribution in [-0.4, -0.2) is 33.9 Å². The standard InChI is InChI=1S/C24H23N3O3/c1-15-14-25-22(29-15)18-11-12-19(13-18)27(2)24(28)17-9-7-16(8-10-17)23-26-20-5-3-4-6-21(20)30-23/h3-10,14,18-19H,11-13H2,1-2H3. The Morgan fingerprint density at radius 2 is 1.87 bits per heavy atom. The van der Waals surface area contributed by atoms with E-state index in [-0.39, 0.29) is 17.9 Å². The molecule has 152 valence electrons. The highest BCUT2D eigenvalue weighted by Crippen LogP contribution is 2.36. The zero-order chi connectivity index (χ0) is 20.7. The maximum atomic E-state index is 13.0. The molecule has 0 bridgehead atoms. The Labute approximate surface area is 174 Å². The van der Waals surface area contributed by atoms with Crippen LogP contribution in [0.15, 0.2) is 63.6 Å². The second kappa shape index (κ2) is 7.44. The van der Waals surface area contributed by atoms with E-state index in [1.807, 2.05) is 67.4 Å². The molecular weight excluding hydrogens is 378 g/mol. The van der Waals surface area contributed by atoms with Crippen LogP contribution in [0.5, 0.6) is 0 Å². The first kappa shape index (κ1) is 18.6. The third kappa shape index (κ3) is 3.38. The van der Waals surface area contributed by atoms with Crippen molar-refractivity contribution in [2.24, 2.45) is 0 Å². The third-order valence-electron chi connectivity index (χ3n) is 5.93. The number of aromatic nitrogens is 2. The lowest BCUT2D eigenvalue weighted by Gasteiger charge is -2.24. The number of hydrogen-bond acceptors (Lipinski definition) is 5. The van der Waals surface area contributed by atoms with Gasteiger partial charge in [0.2, 0.25) is 5.89 Å². The zero-order valence-electron chi connectivity index (χ0n) is 17.0. The van der Waals surface area contributed by atoms with Gasteiger partial charge in [-0.05, 0) is 62.6 Å². The fourth-order valence-electron chi connectivity index (χ4n) is 4.22. The number of benzene rings is 2. The highest BCUT2D eigenvalue weighted by molar-refractivity contribution is 5.94.